The lowest BCUT2D eigenvalue weighted by atomic mass is 10.2. The minimum Gasteiger partial charge on any atom is -0.479 e. The molecule has 0 heterocycles. The lowest BCUT2D eigenvalue weighted by Gasteiger charge is -2.07. The van der Waals surface area contributed by atoms with Gasteiger partial charge in [0.15, 0.2) is 6.10 Å². The van der Waals surface area contributed by atoms with E-state index in [1.54, 1.807) is 30.3 Å². The number of aliphatic hydroxyl groups excluding tert-OH is 1. The van der Waals surface area contributed by atoms with Gasteiger partial charge in [0.1, 0.15) is 0 Å². The van der Waals surface area contributed by atoms with Crippen LogP contribution in [-0.2, 0) is 4.79 Å². The maximum atomic E-state index is 11.4. The van der Waals surface area contributed by atoms with E-state index in [2.05, 4.69) is 5.32 Å². The van der Waals surface area contributed by atoms with Crippen LogP contribution >= 0.6 is 0 Å². The Balaban J connectivity index is 2.47. The summed E-state index contributed by atoms with van der Waals surface area (Å²) in [6, 6.07) is 8.36. The molecule has 80 valence electrons. The summed E-state index contributed by atoms with van der Waals surface area (Å²) in [6.07, 6.45) is -1.57. The molecule has 1 amide bonds. The van der Waals surface area contributed by atoms with Crippen LogP contribution in [0, 0.1) is 0 Å². The zero-order valence-corrected chi connectivity index (χ0v) is 7.88. The van der Waals surface area contributed by atoms with Crippen molar-refractivity contribution >= 4 is 11.9 Å². The lowest BCUT2D eigenvalue weighted by molar-refractivity contribution is -0.146. The molecule has 0 saturated carbocycles. The molecule has 0 aromatic heterocycles. The van der Waals surface area contributed by atoms with Crippen LogP contribution in [-0.4, -0.2) is 34.7 Å². The summed E-state index contributed by atoms with van der Waals surface area (Å²) >= 11 is 0. The van der Waals surface area contributed by atoms with Gasteiger partial charge in [-0.15, -0.1) is 0 Å². The molecule has 1 rings (SSSR count). The van der Waals surface area contributed by atoms with Gasteiger partial charge >= 0.3 is 5.97 Å². The highest BCUT2D eigenvalue weighted by atomic mass is 16.4. The molecule has 15 heavy (non-hydrogen) atoms. The number of aliphatic hydroxyl groups is 1. The number of carbonyl (C=O) groups is 2. The Labute approximate surface area is 86.4 Å². The summed E-state index contributed by atoms with van der Waals surface area (Å²) in [5.74, 6) is -1.76. The second-order valence-electron chi connectivity index (χ2n) is 2.93. The van der Waals surface area contributed by atoms with Crippen LogP contribution in [0.5, 0.6) is 0 Å². The number of carboxylic acids is 1. The Morgan fingerprint density at radius 2 is 1.87 bits per heavy atom. The molecule has 0 saturated heterocycles. The van der Waals surface area contributed by atoms with E-state index in [0.717, 1.165) is 0 Å². The van der Waals surface area contributed by atoms with Crippen LogP contribution in [0.4, 0.5) is 0 Å². The van der Waals surface area contributed by atoms with Gasteiger partial charge in [-0.05, 0) is 12.1 Å². The van der Waals surface area contributed by atoms with Gasteiger partial charge in [-0.2, -0.15) is 0 Å². The fourth-order valence-corrected chi connectivity index (χ4v) is 0.968. The molecule has 1 unspecified atom stereocenters. The van der Waals surface area contributed by atoms with Crippen molar-refractivity contribution in [1.82, 2.24) is 5.32 Å². The average molecular weight is 209 g/mol. The third-order valence-corrected chi connectivity index (χ3v) is 1.78. The highest BCUT2D eigenvalue weighted by Crippen LogP contribution is 1.97. The molecule has 0 spiro atoms. The Morgan fingerprint density at radius 3 is 2.40 bits per heavy atom. The van der Waals surface area contributed by atoms with E-state index < -0.39 is 18.0 Å². The van der Waals surface area contributed by atoms with Gasteiger partial charge in [0.25, 0.3) is 5.91 Å². The Kier molecular flexibility index (Phi) is 3.82. The van der Waals surface area contributed by atoms with Crippen molar-refractivity contribution in [2.24, 2.45) is 0 Å². The normalized spacial score (nSPS) is 11.8. The van der Waals surface area contributed by atoms with Gasteiger partial charge in [-0.25, -0.2) is 4.79 Å². The number of benzene rings is 1. The van der Waals surface area contributed by atoms with Gasteiger partial charge in [-0.1, -0.05) is 18.2 Å². The monoisotopic (exact) mass is 209 g/mol. The van der Waals surface area contributed by atoms with Gasteiger partial charge in [0.2, 0.25) is 0 Å². The number of nitrogens with one attached hydrogen (secondary N) is 1. The van der Waals surface area contributed by atoms with Crippen LogP contribution < -0.4 is 5.32 Å². The molecule has 0 aliphatic heterocycles. The largest absolute Gasteiger partial charge is 0.479 e. The standard InChI is InChI=1S/C10H11NO4/c12-8(10(14)15)6-11-9(13)7-4-2-1-3-5-7/h1-5,8,12H,6H2,(H,11,13)(H,14,15). The first kappa shape index (κ1) is 11.2. The van der Waals surface area contributed by atoms with Crippen LogP contribution in [0.25, 0.3) is 0 Å². The second kappa shape index (κ2) is 5.11. The number of hydrogen-bond donors (Lipinski definition) is 3. The summed E-state index contributed by atoms with van der Waals surface area (Å²) in [7, 11) is 0. The molecule has 5 heteroatoms. The minimum absolute atomic E-state index is 0.303. The topological polar surface area (TPSA) is 86.6 Å². The van der Waals surface area contributed by atoms with Gasteiger partial charge in [0.05, 0.1) is 6.54 Å². The molecule has 0 radical (unpaired) electrons. The van der Waals surface area contributed by atoms with E-state index in [1.807, 2.05) is 0 Å². The summed E-state index contributed by atoms with van der Waals surface area (Å²) < 4.78 is 0. The predicted molar refractivity (Wildman–Crippen MR) is 52.4 cm³/mol. The van der Waals surface area contributed by atoms with Crippen molar-refractivity contribution in [3.8, 4) is 0 Å². The summed E-state index contributed by atoms with van der Waals surface area (Å²) in [5, 5.41) is 19.6. The van der Waals surface area contributed by atoms with Crippen LogP contribution in [0.3, 0.4) is 0 Å². The van der Waals surface area contributed by atoms with E-state index in [9.17, 15) is 9.59 Å². The lowest BCUT2D eigenvalue weighted by Crippen LogP contribution is -2.36. The highest BCUT2D eigenvalue weighted by Gasteiger charge is 2.14. The fraction of sp³-hybridized carbons (Fsp3) is 0.200. The maximum absolute atomic E-state index is 11.4. The SMILES string of the molecule is O=C(NCC(O)C(=O)O)c1ccccc1. The Bertz CT molecular complexity index is 350. The molecule has 1 atom stereocenters. The second-order valence-corrected chi connectivity index (χ2v) is 2.93. The average Bonchev–Trinajstić information content (AvgIpc) is 2.26. The fourth-order valence-electron chi connectivity index (χ4n) is 0.968. The Morgan fingerprint density at radius 1 is 1.27 bits per heavy atom. The quantitative estimate of drug-likeness (QED) is 0.644. The smallest absolute Gasteiger partial charge is 0.334 e. The zero-order chi connectivity index (χ0) is 11.3. The molecule has 0 aliphatic carbocycles. The number of carbonyl (C=O) groups excluding carboxylic acids is 1. The molecule has 0 fully saturated rings. The van der Waals surface area contributed by atoms with Gasteiger partial charge in [0, 0.05) is 5.56 Å². The van der Waals surface area contributed by atoms with Crippen LogP contribution in [0.2, 0.25) is 0 Å². The van der Waals surface area contributed by atoms with Crippen LogP contribution in [0.1, 0.15) is 10.4 Å². The highest BCUT2D eigenvalue weighted by molar-refractivity contribution is 5.94. The summed E-state index contributed by atoms with van der Waals surface area (Å²) in [4.78, 5) is 21.6. The number of amides is 1. The van der Waals surface area contributed by atoms with Crippen molar-refractivity contribution in [2.75, 3.05) is 6.54 Å². The minimum atomic E-state index is -1.57. The van der Waals surface area contributed by atoms with Crippen molar-refractivity contribution in [2.45, 2.75) is 6.10 Å². The molecule has 1 aromatic rings. The number of rotatable bonds is 4. The first-order valence-electron chi connectivity index (χ1n) is 4.35. The van der Waals surface area contributed by atoms with E-state index in [4.69, 9.17) is 10.2 Å². The first-order valence-corrected chi connectivity index (χ1v) is 4.35. The van der Waals surface area contributed by atoms with E-state index in [1.165, 1.54) is 0 Å². The van der Waals surface area contributed by atoms with Crippen LogP contribution in [0.15, 0.2) is 30.3 Å². The van der Waals surface area contributed by atoms with Crippen molar-refractivity contribution < 1.29 is 19.8 Å². The maximum Gasteiger partial charge on any atom is 0.334 e. The summed E-state index contributed by atoms with van der Waals surface area (Å²) in [6.45, 7) is -0.303. The van der Waals surface area contributed by atoms with E-state index in [0.29, 0.717) is 5.56 Å². The van der Waals surface area contributed by atoms with Crippen molar-refractivity contribution in [1.29, 1.82) is 0 Å². The first-order chi connectivity index (χ1) is 7.11. The number of aliphatic carboxylic acids is 1. The number of carboxylic acid groups (broad SMARTS) is 1. The molecule has 1 aromatic carbocycles. The van der Waals surface area contributed by atoms with Crippen molar-refractivity contribution in [3.05, 3.63) is 35.9 Å². The zero-order valence-electron chi connectivity index (χ0n) is 7.88. The molecular weight excluding hydrogens is 198 g/mol. The molecule has 0 bridgehead atoms. The molecule has 3 N–H and O–H groups in total. The predicted octanol–water partition coefficient (Wildman–Crippen LogP) is -0.138. The third kappa shape index (κ3) is 3.40. The van der Waals surface area contributed by atoms with Gasteiger partial charge in [-0.3, -0.25) is 4.79 Å². The number of hydrogen-bond acceptors (Lipinski definition) is 3. The van der Waals surface area contributed by atoms with E-state index >= 15 is 0 Å². The molecular formula is C10H11NO4. The Hall–Kier alpha value is -1.88. The summed E-state index contributed by atoms with van der Waals surface area (Å²) in [5.41, 5.74) is 0.426. The third-order valence-electron chi connectivity index (χ3n) is 1.78. The van der Waals surface area contributed by atoms with E-state index in [-0.39, 0.29) is 6.54 Å². The molecule has 5 nitrogen and oxygen atoms in total. The van der Waals surface area contributed by atoms with Gasteiger partial charge < -0.3 is 15.5 Å². The molecule has 0 aliphatic rings. The van der Waals surface area contributed by atoms with Crippen molar-refractivity contribution in [3.63, 3.8) is 0 Å².